The Morgan fingerprint density at radius 3 is 2.60 bits per heavy atom. The zero-order chi connectivity index (χ0) is 28.9. The number of ether oxygens (including phenoxy) is 1. The SMILES string of the molecule is CN(C)CC[C@H](CSc1ccc(F)cc1)Nc1c(Cl)cc(S(=O)(=O)NC(=O)[C@]2(C3CC3)CCCCO2)cc1C#N. The quantitative estimate of drug-likeness (QED) is 0.323. The zero-order valence-corrected chi connectivity index (χ0v) is 25.0. The van der Waals surface area contributed by atoms with Crippen molar-refractivity contribution in [1.82, 2.24) is 9.62 Å². The molecule has 40 heavy (non-hydrogen) atoms. The van der Waals surface area contributed by atoms with E-state index in [1.54, 1.807) is 12.1 Å². The summed E-state index contributed by atoms with van der Waals surface area (Å²) in [6.45, 7) is 1.17. The molecule has 0 spiro atoms. The van der Waals surface area contributed by atoms with Crippen molar-refractivity contribution in [3.63, 3.8) is 0 Å². The third kappa shape index (κ3) is 7.47. The van der Waals surface area contributed by atoms with Crippen LogP contribution >= 0.6 is 23.4 Å². The molecule has 2 aromatic carbocycles. The summed E-state index contributed by atoms with van der Waals surface area (Å²) in [5, 5.41) is 13.3. The van der Waals surface area contributed by atoms with E-state index < -0.39 is 21.5 Å². The zero-order valence-electron chi connectivity index (χ0n) is 22.6. The van der Waals surface area contributed by atoms with E-state index in [2.05, 4.69) is 10.0 Å². The smallest absolute Gasteiger partial charge is 0.266 e. The molecular weight excluding hydrogens is 575 g/mol. The van der Waals surface area contributed by atoms with Crippen molar-refractivity contribution < 1.29 is 22.3 Å². The summed E-state index contributed by atoms with van der Waals surface area (Å²) in [6, 6.07) is 10.6. The molecule has 2 atom stereocenters. The molecule has 0 bridgehead atoms. The average molecular weight is 609 g/mol. The first kappa shape index (κ1) is 30.6. The van der Waals surface area contributed by atoms with Gasteiger partial charge in [0.05, 0.1) is 21.2 Å². The van der Waals surface area contributed by atoms with Crippen LogP contribution < -0.4 is 10.0 Å². The van der Waals surface area contributed by atoms with Gasteiger partial charge in [0, 0.05) is 23.3 Å². The van der Waals surface area contributed by atoms with Crippen molar-refractivity contribution in [2.45, 2.75) is 60.0 Å². The Kier molecular flexibility index (Phi) is 10.0. The Morgan fingerprint density at radius 2 is 2.00 bits per heavy atom. The lowest BCUT2D eigenvalue weighted by atomic mass is 9.88. The number of rotatable bonds is 12. The molecule has 1 saturated carbocycles. The number of thioether (sulfide) groups is 1. The number of benzene rings is 2. The second-order valence-corrected chi connectivity index (χ2v) is 13.7. The van der Waals surface area contributed by atoms with Crippen LogP contribution in [0.1, 0.15) is 44.1 Å². The number of hydrogen-bond donors (Lipinski definition) is 2. The molecule has 1 aliphatic carbocycles. The highest BCUT2D eigenvalue weighted by molar-refractivity contribution is 7.99. The Hall–Kier alpha value is -2.36. The number of hydrogen-bond acceptors (Lipinski definition) is 8. The number of nitrogens with zero attached hydrogens (tertiary/aromatic N) is 2. The van der Waals surface area contributed by atoms with Gasteiger partial charge in [0.15, 0.2) is 0 Å². The summed E-state index contributed by atoms with van der Waals surface area (Å²) < 4.78 is 47.9. The van der Waals surface area contributed by atoms with Crippen molar-refractivity contribution in [2.24, 2.45) is 5.92 Å². The van der Waals surface area contributed by atoms with Crippen LogP contribution in [0, 0.1) is 23.1 Å². The Bertz CT molecular complexity index is 1360. The number of sulfonamides is 1. The highest BCUT2D eigenvalue weighted by Crippen LogP contribution is 2.47. The number of anilines is 1. The molecule has 1 amide bonds. The minimum atomic E-state index is -4.31. The maximum absolute atomic E-state index is 13.3. The van der Waals surface area contributed by atoms with Crippen LogP contribution in [0.5, 0.6) is 0 Å². The van der Waals surface area contributed by atoms with E-state index in [1.807, 2.05) is 25.1 Å². The van der Waals surface area contributed by atoms with Crippen LogP contribution in [-0.2, 0) is 19.6 Å². The van der Waals surface area contributed by atoms with Crippen LogP contribution in [0.4, 0.5) is 10.1 Å². The van der Waals surface area contributed by atoms with Gasteiger partial charge in [-0.1, -0.05) is 11.6 Å². The van der Waals surface area contributed by atoms with E-state index in [9.17, 15) is 22.9 Å². The van der Waals surface area contributed by atoms with Gasteiger partial charge >= 0.3 is 0 Å². The lowest BCUT2D eigenvalue weighted by molar-refractivity contribution is -0.155. The second kappa shape index (κ2) is 13.1. The first-order valence-electron chi connectivity index (χ1n) is 13.3. The predicted molar refractivity (Wildman–Crippen MR) is 154 cm³/mol. The largest absolute Gasteiger partial charge is 0.379 e. The predicted octanol–water partition coefficient (Wildman–Crippen LogP) is 5.03. The number of nitriles is 1. The second-order valence-electron chi connectivity index (χ2n) is 10.5. The monoisotopic (exact) mass is 608 g/mol. The van der Waals surface area contributed by atoms with E-state index in [0.29, 0.717) is 30.9 Å². The fourth-order valence-corrected chi connectivity index (χ4v) is 7.23. The molecule has 1 saturated heterocycles. The maximum atomic E-state index is 13.3. The fraction of sp³-hybridized carbons (Fsp3) is 0.500. The Balaban J connectivity index is 1.53. The van der Waals surface area contributed by atoms with Gasteiger partial charge in [-0.25, -0.2) is 17.5 Å². The molecular formula is C28H34ClFN4O4S2. The lowest BCUT2D eigenvalue weighted by Gasteiger charge is -2.36. The highest BCUT2D eigenvalue weighted by Gasteiger charge is 2.53. The molecule has 2 N–H and O–H groups in total. The number of halogens is 2. The van der Waals surface area contributed by atoms with Gasteiger partial charge < -0.3 is 15.0 Å². The summed E-state index contributed by atoms with van der Waals surface area (Å²) in [5.74, 6) is -0.356. The van der Waals surface area contributed by atoms with E-state index in [1.165, 1.54) is 36.0 Å². The fourth-order valence-electron chi connectivity index (χ4n) is 4.83. The first-order chi connectivity index (χ1) is 19.0. The Labute approximate surface area is 244 Å². The minimum Gasteiger partial charge on any atom is -0.379 e. The standard InChI is InChI=1S/C28H34ClFN4O4S2/c1-34(2)13-11-22(18-39-23-9-7-21(30)8-10-23)32-26-19(17-31)15-24(16-25(26)29)40(36,37)33-27(35)28(20-5-6-20)12-3-4-14-38-28/h7-10,15-16,20,22,32H,3-6,11-14,18H2,1-2H3,(H,33,35)/t22-,28-/m1/s1. The van der Waals surface area contributed by atoms with Crippen molar-refractivity contribution in [2.75, 3.05) is 38.3 Å². The van der Waals surface area contributed by atoms with Gasteiger partial charge in [0.1, 0.15) is 17.5 Å². The van der Waals surface area contributed by atoms with E-state index >= 15 is 0 Å². The summed E-state index contributed by atoms with van der Waals surface area (Å²) in [7, 11) is -0.397. The topological polar surface area (TPSA) is 112 Å². The van der Waals surface area contributed by atoms with Crippen molar-refractivity contribution >= 4 is 45.0 Å². The van der Waals surface area contributed by atoms with Crippen molar-refractivity contribution in [1.29, 1.82) is 5.26 Å². The van der Waals surface area contributed by atoms with Crippen LogP contribution in [0.25, 0.3) is 0 Å². The molecule has 0 unspecified atom stereocenters. The van der Waals surface area contributed by atoms with Crippen LogP contribution in [0.3, 0.4) is 0 Å². The molecule has 0 aromatic heterocycles. The lowest BCUT2D eigenvalue weighted by Crippen LogP contribution is -2.53. The summed E-state index contributed by atoms with van der Waals surface area (Å²) in [5.41, 5.74) is -0.757. The molecule has 1 heterocycles. The maximum Gasteiger partial charge on any atom is 0.266 e. The van der Waals surface area contributed by atoms with Crippen LogP contribution in [-0.4, -0.2) is 63.9 Å². The number of carbonyl (C=O) groups is 1. The third-order valence-electron chi connectivity index (χ3n) is 7.18. The normalized spacial score (nSPS) is 20.1. The van der Waals surface area contributed by atoms with E-state index in [-0.39, 0.29) is 33.3 Å². The third-order valence-corrected chi connectivity index (χ3v) is 9.97. The average Bonchev–Trinajstić information content (AvgIpc) is 3.78. The number of carbonyl (C=O) groups excluding carboxylic acids is 1. The van der Waals surface area contributed by atoms with Gasteiger partial charge in [-0.15, -0.1) is 11.8 Å². The van der Waals surface area contributed by atoms with Gasteiger partial charge in [0.25, 0.3) is 15.9 Å². The van der Waals surface area contributed by atoms with Crippen molar-refractivity contribution in [3.05, 3.63) is 52.8 Å². The van der Waals surface area contributed by atoms with Crippen LogP contribution in [0.15, 0.2) is 46.2 Å². The van der Waals surface area contributed by atoms with E-state index in [4.69, 9.17) is 16.3 Å². The van der Waals surface area contributed by atoms with Gasteiger partial charge in [-0.05, 0) is 101 Å². The molecule has 12 heteroatoms. The van der Waals surface area contributed by atoms with Crippen molar-refractivity contribution in [3.8, 4) is 6.07 Å². The summed E-state index contributed by atoms with van der Waals surface area (Å²) >= 11 is 8.09. The summed E-state index contributed by atoms with van der Waals surface area (Å²) in [6.07, 6.45) is 4.47. The molecule has 8 nitrogen and oxygen atoms in total. The highest BCUT2D eigenvalue weighted by atomic mass is 35.5. The molecule has 4 rings (SSSR count). The van der Waals surface area contributed by atoms with Crippen LogP contribution in [0.2, 0.25) is 5.02 Å². The molecule has 0 radical (unpaired) electrons. The molecule has 216 valence electrons. The van der Waals surface area contributed by atoms with E-state index in [0.717, 1.165) is 37.1 Å². The summed E-state index contributed by atoms with van der Waals surface area (Å²) in [4.78, 5) is 15.9. The van der Waals surface area contributed by atoms with Gasteiger partial charge in [-0.3, -0.25) is 4.79 Å². The molecule has 2 aliphatic rings. The van der Waals surface area contributed by atoms with Gasteiger partial charge in [-0.2, -0.15) is 5.26 Å². The van der Waals surface area contributed by atoms with Gasteiger partial charge in [0.2, 0.25) is 0 Å². The first-order valence-corrected chi connectivity index (χ1v) is 16.1. The number of nitrogens with one attached hydrogen (secondary N) is 2. The Morgan fingerprint density at radius 1 is 1.27 bits per heavy atom. The minimum absolute atomic E-state index is 0.0136. The number of amides is 1. The molecule has 2 aromatic rings. The molecule has 2 fully saturated rings. The molecule has 1 aliphatic heterocycles.